The Kier molecular flexibility index (Phi) is 7.09. The lowest BCUT2D eigenvalue weighted by Crippen LogP contribution is -2.27. The average molecular weight is 279 g/mol. The minimum Gasteiger partial charge on any atom is -0.479 e. The number of aryl methyl sites for hydroxylation is 1. The van der Waals surface area contributed by atoms with Gasteiger partial charge in [-0.15, -0.1) is 0 Å². The maximum atomic E-state index is 10.7. The van der Waals surface area contributed by atoms with Crippen LogP contribution in [-0.2, 0) is 11.2 Å². The summed E-state index contributed by atoms with van der Waals surface area (Å²) in [5.74, 6) is -0.356. The van der Waals surface area contributed by atoms with Gasteiger partial charge in [-0.05, 0) is 57.4 Å². The Bertz CT molecular complexity index is 403. The number of hydrogen-bond acceptors (Lipinski definition) is 3. The summed E-state index contributed by atoms with van der Waals surface area (Å²) >= 11 is 0. The molecule has 0 amide bonds. The van der Waals surface area contributed by atoms with Crippen LogP contribution in [0.1, 0.15) is 39.2 Å². The molecule has 0 bridgehead atoms. The number of carbonyl (C=O) groups is 1. The van der Waals surface area contributed by atoms with Gasteiger partial charge in [0.15, 0.2) is 6.10 Å². The van der Waals surface area contributed by atoms with Crippen molar-refractivity contribution in [3.63, 3.8) is 0 Å². The predicted molar refractivity (Wildman–Crippen MR) is 80.2 cm³/mol. The fourth-order valence-corrected chi connectivity index (χ4v) is 1.87. The van der Waals surface area contributed by atoms with Crippen LogP contribution in [-0.4, -0.2) is 29.8 Å². The van der Waals surface area contributed by atoms with E-state index in [1.165, 1.54) is 12.5 Å². The van der Waals surface area contributed by atoms with Crippen molar-refractivity contribution in [2.45, 2.75) is 52.2 Å². The molecule has 0 fully saturated rings. The molecule has 0 spiro atoms. The third kappa shape index (κ3) is 6.06. The van der Waals surface area contributed by atoms with Gasteiger partial charge in [0.05, 0.1) is 0 Å². The molecule has 0 saturated carbocycles. The minimum atomic E-state index is -0.954. The van der Waals surface area contributed by atoms with E-state index < -0.39 is 12.1 Å². The van der Waals surface area contributed by atoms with Gasteiger partial charge in [-0.3, -0.25) is 0 Å². The molecule has 112 valence electrons. The quantitative estimate of drug-likeness (QED) is 0.730. The van der Waals surface area contributed by atoms with Gasteiger partial charge in [-0.1, -0.05) is 19.1 Å². The van der Waals surface area contributed by atoms with E-state index in [1.807, 2.05) is 24.3 Å². The second-order valence-corrected chi connectivity index (χ2v) is 5.14. The van der Waals surface area contributed by atoms with Crippen molar-refractivity contribution in [3.8, 4) is 5.75 Å². The zero-order chi connectivity index (χ0) is 15.0. The molecule has 1 rings (SSSR count). The van der Waals surface area contributed by atoms with Crippen LogP contribution >= 0.6 is 0 Å². The van der Waals surface area contributed by atoms with Gasteiger partial charge < -0.3 is 15.2 Å². The van der Waals surface area contributed by atoms with Gasteiger partial charge in [-0.2, -0.15) is 0 Å². The van der Waals surface area contributed by atoms with E-state index in [2.05, 4.69) is 19.2 Å². The number of ether oxygens (including phenoxy) is 1. The summed E-state index contributed by atoms with van der Waals surface area (Å²) in [5, 5.41) is 12.2. The van der Waals surface area contributed by atoms with Crippen LogP contribution in [0, 0.1) is 0 Å². The Balaban J connectivity index is 2.40. The number of nitrogens with one attached hydrogen (secondary N) is 1. The van der Waals surface area contributed by atoms with Gasteiger partial charge in [0.1, 0.15) is 5.75 Å². The van der Waals surface area contributed by atoms with Crippen LogP contribution in [0.3, 0.4) is 0 Å². The molecule has 0 radical (unpaired) electrons. The highest BCUT2D eigenvalue weighted by Crippen LogP contribution is 2.15. The second-order valence-electron chi connectivity index (χ2n) is 5.14. The van der Waals surface area contributed by atoms with Gasteiger partial charge in [0.2, 0.25) is 0 Å². The first-order valence-electron chi connectivity index (χ1n) is 7.24. The lowest BCUT2D eigenvalue weighted by molar-refractivity contribution is -0.144. The van der Waals surface area contributed by atoms with E-state index >= 15 is 0 Å². The zero-order valence-electron chi connectivity index (χ0n) is 12.6. The number of carboxylic acids is 1. The first kappa shape index (κ1) is 16.5. The normalized spacial score (nSPS) is 13.8. The fraction of sp³-hybridized carbons (Fsp3) is 0.562. The summed E-state index contributed by atoms with van der Waals surface area (Å²) in [4.78, 5) is 10.7. The Morgan fingerprint density at radius 1 is 1.30 bits per heavy atom. The van der Waals surface area contributed by atoms with Crippen LogP contribution in [0.5, 0.6) is 5.75 Å². The molecular weight excluding hydrogens is 254 g/mol. The molecule has 0 saturated heterocycles. The van der Waals surface area contributed by atoms with Crippen molar-refractivity contribution in [2.24, 2.45) is 0 Å². The third-order valence-corrected chi connectivity index (χ3v) is 3.19. The van der Waals surface area contributed by atoms with E-state index in [9.17, 15) is 4.79 Å². The maximum absolute atomic E-state index is 10.7. The Morgan fingerprint density at radius 2 is 1.95 bits per heavy atom. The first-order chi connectivity index (χ1) is 9.52. The highest BCUT2D eigenvalue weighted by molar-refractivity contribution is 5.72. The van der Waals surface area contributed by atoms with Crippen LogP contribution in [0.15, 0.2) is 24.3 Å². The molecule has 2 N–H and O–H groups in total. The molecule has 0 heterocycles. The van der Waals surface area contributed by atoms with Crippen molar-refractivity contribution in [1.82, 2.24) is 5.32 Å². The molecule has 0 aliphatic rings. The number of rotatable bonds is 9. The summed E-state index contributed by atoms with van der Waals surface area (Å²) in [5.41, 5.74) is 1.24. The fourth-order valence-electron chi connectivity index (χ4n) is 1.87. The second kappa shape index (κ2) is 8.59. The highest BCUT2D eigenvalue weighted by Gasteiger charge is 2.12. The molecule has 2 atom stereocenters. The third-order valence-electron chi connectivity index (χ3n) is 3.19. The van der Waals surface area contributed by atoms with Gasteiger partial charge in [-0.25, -0.2) is 4.79 Å². The standard InChI is InChI=1S/C16H25NO3/c1-4-11-17-12(2)5-6-14-7-9-15(10-8-14)20-13(3)16(18)19/h7-10,12-13,17H,4-6,11H2,1-3H3,(H,18,19). The van der Waals surface area contributed by atoms with Crippen LogP contribution in [0.4, 0.5) is 0 Å². The Labute approximate surface area is 121 Å². The summed E-state index contributed by atoms with van der Waals surface area (Å²) in [6, 6.07) is 8.17. The largest absolute Gasteiger partial charge is 0.479 e. The Hall–Kier alpha value is -1.55. The molecule has 4 heteroatoms. The van der Waals surface area contributed by atoms with Crippen LogP contribution < -0.4 is 10.1 Å². The molecule has 0 aromatic heterocycles. The molecule has 1 aromatic carbocycles. The summed E-state index contributed by atoms with van der Waals surface area (Å²) in [6.45, 7) is 6.94. The van der Waals surface area contributed by atoms with Gasteiger partial charge in [0, 0.05) is 6.04 Å². The van der Waals surface area contributed by atoms with E-state index in [0.717, 1.165) is 25.8 Å². The van der Waals surface area contributed by atoms with Crippen LogP contribution in [0.2, 0.25) is 0 Å². The maximum Gasteiger partial charge on any atom is 0.344 e. The molecular formula is C16H25NO3. The minimum absolute atomic E-state index is 0.512. The van der Waals surface area contributed by atoms with Crippen molar-refractivity contribution in [2.75, 3.05) is 6.54 Å². The van der Waals surface area contributed by atoms with Gasteiger partial charge >= 0.3 is 5.97 Å². The molecule has 1 aromatic rings. The van der Waals surface area contributed by atoms with Crippen molar-refractivity contribution < 1.29 is 14.6 Å². The van der Waals surface area contributed by atoms with Crippen molar-refractivity contribution in [1.29, 1.82) is 0 Å². The van der Waals surface area contributed by atoms with E-state index in [4.69, 9.17) is 9.84 Å². The summed E-state index contributed by atoms with van der Waals surface area (Å²) in [6.07, 6.45) is 2.43. The topological polar surface area (TPSA) is 58.6 Å². The van der Waals surface area contributed by atoms with E-state index in [1.54, 1.807) is 0 Å². The van der Waals surface area contributed by atoms with E-state index in [-0.39, 0.29) is 0 Å². The summed E-state index contributed by atoms with van der Waals surface area (Å²) < 4.78 is 5.30. The lowest BCUT2D eigenvalue weighted by Gasteiger charge is -2.13. The molecule has 4 nitrogen and oxygen atoms in total. The van der Waals surface area contributed by atoms with E-state index in [0.29, 0.717) is 11.8 Å². The predicted octanol–water partition coefficient (Wildman–Crippen LogP) is 2.86. The Morgan fingerprint density at radius 3 is 2.50 bits per heavy atom. The number of carboxylic acid groups (broad SMARTS) is 1. The average Bonchev–Trinajstić information content (AvgIpc) is 2.44. The monoisotopic (exact) mass is 279 g/mol. The first-order valence-corrected chi connectivity index (χ1v) is 7.24. The van der Waals surface area contributed by atoms with Crippen LogP contribution in [0.25, 0.3) is 0 Å². The highest BCUT2D eigenvalue weighted by atomic mass is 16.5. The lowest BCUT2D eigenvalue weighted by atomic mass is 10.1. The van der Waals surface area contributed by atoms with Crippen molar-refractivity contribution in [3.05, 3.63) is 29.8 Å². The van der Waals surface area contributed by atoms with Gasteiger partial charge in [0.25, 0.3) is 0 Å². The molecule has 20 heavy (non-hydrogen) atoms. The molecule has 0 aliphatic carbocycles. The number of aliphatic carboxylic acids is 1. The number of hydrogen-bond donors (Lipinski definition) is 2. The SMILES string of the molecule is CCCNC(C)CCc1ccc(OC(C)C(=O)O)cc1. The zero-order valence-corrected chi connectivity index (χ0v) is 12.6. The smallest absolute Gasteiger partial charge is 0.344 e. The van der Waals surface area contributed by atoms with Crippen molar-refractivity contribution >= 4 is 5.97 Å². The summed E-state index contributed by atoms with van der Waals surface area (Å²) in [7, 11) is 0. The molecule has 0 aliphatic heterocycles. The number of benzene rings is 1. The molecule has 2 unspecified atom stereocenters.